The van der Waals surface area contributed by atoms with E-state index in [1.165, 1.54) is 35.9 Å². The molecule has 2 aromatic rings. The zero-order valence-corrected chi connectivity index (χ0v) is 14.5. The summed E-state index contributed by atoms with van der Waals surface area (Å²) in [6.07, 6.45) is 4.32. The molecule has 1 fully saturated rings. The number of thioether (sulfide) groups is 1. The SMILES string of the molecule is NC(=NN=Cc1ccc(N2CCCC2)cc1)SCc1ccccc1. The van der Waals surface area contributed by atoms with Crippen molar-refractivity contribution >= 4 is 28.8 Å². The summed E-state index contributed by atoms with van der Waals surface area (Å²) >= 11 is 1.49. The molecule has 1 saturated heterocycles. The maximum atomic E-state index is 5.89. The predicted octanol–water partition coefficient (Wildman–Crippen LogP) is 3.87. The zero-order chi connectivity index (χ0) is 16.6. The molecule has 1 heterocycles. The van der Waals surface area contributed by atoms with E-state index >= 15 is 0 Å². The third-order valence-electron chi connectivity index (χ3n) is 3.96. The first-order valence-corrected chi connectivity index (χ1v) is 9.18. The number of nitrogens with zero attached hydrogens (tertiary/aromatic N) is 3. The molecule has 0 spiro atoms. The van der Waals surface area contributed by atoms with Gasteiger partial charge in [0.15, 0.2) is 5.17 Å². The molecular weight excluding hydrogens is 316 g/mol. The molecule has 2 N–H and O–H groups in total. The van der Waals surface area contributed by atoms with Crippen molar-refractivity contribution in [2.75, 3.05) is 18.0 Å². The second-order valence-electron chi connectivity index (χ2n) is 5.74. The Hall–Kier alpha value is -2.27. The molecule has 0 unspecified atom stereocenters. The number of hydrogen-bond acceptors (Lipinski definition) is 4. The lowest BCUT2D eigenvalue weighted by Gasteiger charge is -2.17. The van der Waals surface area contributed by atoms with Crippen LogP contribution in [0.2, 0.25) is 0 Å². The quantitative estimate of drug-likeness (QED) is 0.511. The van der Waals surface area contributed by atoms with Crippen molar-refractivity contribution in [1.29, 1.82) is 0 Å². The van der Waals surface area contributed by atoms with Gasteiger partial charge in [-0.3, -0.25) is 0 Å². The molecule has 3 rings (SSSR count). The third-order valence-corrected chi connectivity index (χ3v) is 4.81. The first-order valence-electron chi connectivity index (χ1n) is 8.19. The first-order chi connectivity index (χ1) is 11.8. The molecule has 0 radical (unpaired) electrons. The largest absolute Gasteiger partial charge is 0.377 e. The lowest BCUT2D eigenvalue weighted by atomic mass is 10.2. The van der Waals surface area contributed by atoms with Gasteiger partial charge in [-0.05, 0) is 36.1 Å². The highest BCUT2D eigenvalue weighted by molar-refractivity contribution is 8.13. The number of hydrogen-bond donors (Lipinski definition) is 1. The van der Waals surface area contributed by atoms with E-state index in [9.17, 15) is 0 Å². The molecule has 0 saturated carbocycles. The Bertz CT molecular complexity index is 689. The number of amidine groups is 1. The Morgan fingerprint density at radius 2 is 1.75 bits per heavy atom. The van der Waals surface area contributed by atoms with Gasteiger partial charge >= 0.3 is 0 Å². The van der Waals surface area contributed by atoms with Crippen LogP contribution in [0.15, 0.2) is 64.8 Å². The van der Waals surface area contributed by atoms with E-state index in [1.807, 2.05) is 18.2 Å². The van der Waals surface area contributed by atoms with E-state index < -0.39 is 0 Å². The summed E-state index contributed by atoms with van der Waals surface area (Å²) in [5.74, 6) is 0.802. The minimum absolute atomic E-state index is 0.476. The molecular formula is C19H22N4S. The molecule has 0 aromatic heterocycles. The molecule has 0 bridgehead atoms. The molecule has 4 nitrogen and oxygen atoms in total. The lowest BCUT2D eigenvalue weighted by molar-refractivity contribution is 0.949. The summed E-state index contributed by atoms with van der Waals surface area (Å²) in [7, 11) is 0. The van der Waals surface area contributed by atoms with Crippen molar-refractivity contribution in [1.82, 2.24) is 0 Å². The highest BCUT2D eigenvalue weighted by Crippen LogP contribution is 2.20. The Morgan fingerprint density at radius 1 is 1.04 bits per heavy atom. The minimum Gasteiger partial charge on any atom is -0.377 e. The summed E-state index contributed by atoms with van der Waals surface area (Å²) < 4.78 is 0. The van der Waals surface area contributed by atoms with Crippen molar-refractivity contribution in [3.8, 4) is 0 Å². The van der Waals surface area contributed by atoms with E-state index in [4.69, 9.17) is 5.73 Å². The molecule has 5 heteroatoms. The van der Waals surface area contributed by atoms with Gasteiger partial charge in [0.2, 0.25) is 0 Å². The van der Waals surface area contributed by atoms with Crippen LogP contribution in [0, 0.1) is 0 Å². The monoisotopic (exact) mass is 338 g/mol. The first kappa shape index (κ1) is 16.6. The maximum Gasteiger partial charge on any atom is 0.180 e. The number of anilines is 1. The fourth-order valence-electron chi connectivity index (χ4n) is 2.66. The van der Waals surface area contributed by atoms with Crippen molar-refractivity contribution in [2.45, 2.75) is 18.6 Å². The normalized spacial score (nSPS) is 15.3. The molecule has 0 atom stereocenters. The van der Waals surface area contributed by atoms with Gasteiger partial charge in [0, 0.05) is 24.5 Å². The zero-order valence-electron chi connectivity index (χ0n) is 13.6. The van der Waals surface area contributed by atoms with Gasteiger partial charge in [0.05, 0.1) is 6.21 Å². The van der Waals surface area contributed by atoms with Crippen molar-refractivity contribution in [2.24, 2.45) is 15.9 Å². The lowest BCUT2D eigenvalue weighted by Crippen LogP contribution is -2.17. The highest BCUT2D eigenvalue weighted by atomic mass is 32.2. The molecule has 0 amide bonds. The average molecular weight is 338 g/mol. The van der Waals surface area contributed by atoms with E-state index in [2.05, 4.69) is 51.5 Å². The number of benzene rings is 2. The average Bonchev–Trinajstić information content (AvgIpc) is 3.16. The summed E-state index contributed by atoms with van der Waals surface area (Å²) in [5.41, 5.74) is 9.42. The van der Waals surface area contributed by atoms with Crippen LogP contribution in [0.3, 0.4) is 0 Å². The molecule has 24 heavy (non-hydrogen) atoms. The van der Waals surface area contributed by atoms with Crippen molar-refractivity contribution in [3.05, 3.63) is 65.7 Å². The number of rotatable bonds is 5. The second kappa shape index (κ2) is 8.55. The van der Waals surface area contributed by atoms with Crippen LogP contribution in [-0.4, -0.2) is 24.5 Å². The van der Waals surface area contributed by atoms with Crippen LogP contribution < -0.4 is 10.6 Å². The van der Waals surface area contributed by atoms with Gasteiger partial charge in [0.25, 0.3) is 0 Å². The Balaban J connectivity index is 1.51. The Morgan fingerprint density at radius 3 is 2.46 bits per heavy atom. The van der Waals surface area contributed by atoms with Gasteiger partial charge in [-0.25, -0.2) is 0 Å². The standard InChI is InChI=1S/C19H22N4S/c20-19(24-15-17-6-2-1-3-7-17)22-21-14-16-8-10-18(11-9-16)23-12-4-5-13-23/h1-3,6-11,14H,4-5,12-13,15H2,(H2,20,22). The van der Waals surface area contributed by atoms with Gasteiger partial charge in [-0.2, -0.15) is 5.10 Å². The Kier molecular flexibility index (Phi) is 5.90. The molecule has 124 valence electrons. The predicted molar refractivity (Wildman–Crippen MR) is 105 cm³/mol. The summed E-state index contributed by atoms with van der Waals surface area (Å²) in [4.78, 5) is 2.41. The summed E-state index contributed by atoms with van der Waals surface area (Å²) in [5, 5.41) is 8.61. The van der Waals surface area contributed by atoms with Crippen LogP contribution in [0.25, 0.3) is 0 Å². The summed E-state index contributed by atoms with van der Waals surface area (Å²) in [6, 6.07) is 18.6. The van der Waals surface area contributed by atoms with E-state index in [0.29, 0.717) is 5.17 Å². The topological polar surface area (TPSA) is 54.0 Å². The van der Waals surface area contributed by atoms with Crippen LogP contribution in [0.1, 0.15) is 24.0 Å². The smallest absolute Gasteiger partial charge is 0.180 e. The van der Waals surface area contributed by atoms with Gasteiger partial charge in [-0.1, -0.05) is 54.2 Å². The second-order valence-corrected chi connectivity index (χ2v) is 6.74. The van der Waals surface area contributed by atoms with E-state index in [0.717, 1.165) is 24.4 Å². The van der Waals surface area contributed by atoms with Crippen LogP contribution in [-0.2, 0) is 5.75 Å². The van der Waals surface area contributed by atoms with Gasteiger partial charge < -0.3 is 10.6 Å². The Labute approximate surface area is 147 Å². The highest BCUT2D eigenvalue weighted by Gasteiger charge is 2.11. The third kappa shape index (κ3) is 4.86. The minimum atomic E-state index is 0.476. The van der Waals surface area contributed by atoms with Gasteiger partial charge in [-0.15, -0.1) is 5.10 Å². The molecule has 0 aliphatic carbocycles. The van der Waals surface area contributed by atoms with Crippen LogP contribution >= 0.6 is 11.8 Å². The molecule has 1 aliphatic rings. The van der Waals surface area contributed by atoms with Crippen LogP contribution in [0.5, 0.6) is 0 Å². The van der Waals surface area contributed by atoms with E-state index in [1.54, 1.807) is 6.21 Å². The van der Waals surface area contributed by atoms with Crippen LogP contribution in [0.4, 0.5) is 5.69 Å². The fraction of sp³-hybridized carbons (Fsp3) is 0.263. The van der Waals surface area contributed by atoms with Crippen molar-refractivity contribution in [3.63, 3.8) is 0 Å². The number of nitrogens with two attached hydrogens (primary N) is 1. The maximum absolute atomic E-state index is 5.89. The van der Waals surface area contributed by atoms with Gasteiger partial charge in [0.1, 0.15) is 0 Å². The molecule has 1 aliphatic heterocycles. The fourth-order valence-corrected chi connectivity index (χ4v) is 3.27. The van der Waals surface area contributed by atoms with E-state index in [-0.39, 0.29) is 0 Å². The summed E-state index contributed by atoms with van der Waals surface area (Å²) in [6.45, 7) is 2.32. The molecule has 2 aromatic carbocycles. The van der Waals surface area contributed by atoms with Crippen molar-refractivity contribution < 1.29 is 0 Å².